The lowest BCUT2D eigenvalue weighted by atomic mass is 9.95. The largest absolute Gasteiger partial charge is 0.370 e. The van der Waals surface area contributed by atoms with Gasteiger partial charge in [0.05, 0.1) is 0 Å². The molecule has 0 aromatic heterocycles. The van der Waals surface area contributed by atoms with Crippen molar-refractivity contribution in [1.29, 1.82) is 0 Å². The first kappa shape index (κ1) is 14.3. The van der Waals surface area contributed by atoms with Crippen molar-refractivity contribution < 1.29 is 0 Å². The lowest BCUT2D eigenvalue weighted by Gasteiger charge is -2.13. The predicted molar refractivity (Wildman–Crippen MR) is 67.8 cm³/mol. The SMILES string of the molecule is CCC(C)CCCC(CC)CN=C(N)N. The van der Waals surface area contributed by atoms with Gasteiger partial charge in [0.15, 0.2) is 5.96 Å². The predicted octanol–water partition coefficient (Wildman–Crippen LogP) is 2.50. The molecule has 0 saturated carbocycles. The van der Waals surface area contributed by atoms with Gasteiger partial charge in [-0.1, -0.05) is 46.5 Å². The second-order valence-electron chi connectivity index (χ2n) is 4.48. The Balaban J connectivity index is 3.66. The minimum atomic E-state index is 0.218. The molecule has 0 fully saturated rings. The van der Waals surface area contributed by atoms with Gasteiger partial charge in [-0.2, -0.15) is 0 Å². The highest BCUT2D eigenvalue weighted by Gasteiger charge is 2.06. The molecule has 3 nitrogen and oxygen atoms in total. The van der Waals surface area contributed by atoms with Crippen LogP contribution in [0.2, 0.25) is 0 Å². The Kier molecular flexibility index (Phi) is 8.15. The molecule has 90 valence electrons. The van der Waals surface area contributed by atoms with Gasteiger partial charge in [-0.05, 0) is 18.3 Å². The number of hydrogen-bond donors (Lipinski definition) is 2. The van der Waals surface area contributed by atoms with Gasteiger partial charge < -0.3 is 11.5 Å². The number of aliphatic imine (C=N–C) groups is 1. The zero-order valence-electron chi connectivity index (χ0n) is 10.5. The van der Waals surface area contributed by atoms with Crippen LogP contribution in [0.25, 0.3) is 0 Å². The van der Waals surface area contributed by atoms with Gasteiger partial charge >= 0.3 is 0 Å². The van der Waals surface area contributed by atoms with E-state index in [4.69, 9.17) is 11.5 Å². The number of hydrogen-bond acceptors (Lipinski definition) is 1. The van der Waals surface area contributed by atoms with E-state index in [-0.39, 0.29) is 5.96 Å². The first-order valence-corrected chi connectivity index (χ1v) is 6.15. The lowest BCUT2D eigenvalue weighted by Crippen LogP contribution is -2.24. The number of nitrogens with zero attached hydrogens (tertiary/aromatic N) is 1. The molecule has 0 spiro atoms. The second kappa shape index (κ2) is 8.57. The molecule has 2 atom stereocenters. The fraction of sp³-hybridized carbons (Fsp3) is 0.917. The van der Waals surface area contributed by atoms with Gasteiger partial charge in [-0.25, -0.2) is 0 Å². The van der Waals surface area contributed by atoms with E-state index in [1.165, 1.54) is 25.7 Å². The van der Waals surface area contributed by atoms with Crippen molar-refractivity contribution in [2.45, 2.75) is 52.9 Å². The molecule has 0 aliphatic rings. The summed E-state index contributed by atoms with van der Waals surface area (Å²) in [6.45, 7) is 7.56. The van der Waals surface area contributed by atoms with Crippen LogP contribution in [0.4, 0.5) is 0 Å². The molecule has 0 saturated heterocycles. The Labute approximate surface area is 94.3 Å². The normalized spacial score (nSPS) is 14.6. The maximum Gasteiger partial charge on any atom is 0.185 e. The summed E-state index contributed by atoms with van der Waals surface area (Å²) in [5.41, 5.74) is 10.6. The molecule has 2 unspecified atom stereocenters. The van der Waals surface area contributed by atoms with Gasteiger partial charge in [0.1, 0.15) is 0 Å². The molecular formula is C12H27N3. The summed E-state index contributed by atoms with van der Waals surface area (Å²) in [4.78, 5) is 4.09. The van der Waals surface area contributed by atoms with Crippen LogP contribution < -0.4 is 11.5 Å². The Morgan fingerprint density at radius 1 is 1.13 bits per heavy atom. The summed E-state index contributed by atoms with van der Waals surface area (Å²) in [5, 5.41) is 0. The number of rotatable bonds is 8. The molecule has 0 heterocycles. The topological polar surface area (TPSA) is 64.4 Å². The third-order valence-electron chi connectivity index (χ3n) is 3.12. The molecule has 4 N–H and O–H groups in total. The molecular weight excluding hydrogens is 186 g/mol. The standard InChI is InChI=1S/C12H27N3/c1-4-10(3)7-6-8-11(5-2)9-15-12(13)14/h10-11H,4-9H2,1-3H3,(H4,13,14,15). The van der Waals surface area contributed by atoms with Gasteiger partial charge in [0.25, 0.3) is 0 Å². The molecule has 3 heteroatoms. The van der Waals surface area contributed by atoms with E-state index >= 15 is 0 Å². The van der Waals surface area contributed by atoms with Crippen LogP contribution in [0, 0.1) is 11.8 Å². The van der Waals surface area contributed by atoms with Crippen LogP contribution >= 0.6 is 0 Å². The van der Waals surface area contributed by atoms with Crippen molar-refractivity contribution in [3.63, 3.8) is 0 Å². The van der Waals surface area contributed by atoms with E-state index in [9.17, 15) is 0 Å². The molecule has 0 aromatic rings. The third kappa shape index (κ3) is 8.28. The summed E-state index contributed by atoms with van der Waals surface area (Å²) >= 11 is 0. The van der Waals surface area contributed by atoms with E-state index in [0.717, 1.165) is 18.9 Å². The van der Waals surface area contributed by atoms with Crippen LogP contribution in [0.5, 0.6) is 0 Å². The lowest BCUT2D eigenvalue weighted by molar-refractivity contribution is 0.413. The van der Waals surface area contributed by atoms with Gasteiger partial charge in [-0.3, -0.25) is 4.99 Å². The van der Waals surface area contributed by atoms with E-state index in [1.54, 1.807) is 0 Å². The van der Waals surface area contributed by atoms with Crippen molar-refractivity contribution in [1.82, 2.24) is 0 Å². The summed E-state index contributed by atoms with van der Waals surface area (Å²) in [7, 11) is 0. The molecule has 15 heavy (non-hydrogen) atoms. The molecule has 0 aliphatic carbocycles. The van der Waals surface area contributed by atoms with Crippen molar-refractivity contribution in [2.75, 3.05) is 6.54 Å². The van der Waals surface area contributed by atoms with Gasteiger partial charge in [-0.15, -0.1) is 0 Å². The fourth-order valence-corrected chi connectivity index (χ4v) is 1.62. The highest BCUT2D eigenvalue weighted by atomic mass is 15.0. The Bertz CT molecular complexity index is 174. The summed E-state index contributed by atoms with van der Waals surface area (Å²) in [6.07, 6.45) is 6.32. The molecule has 0 rings (SSSR count). The van der Waals surface area contributed by atoms with E-state index < -0.39 is 0 Å². The maximum absolute atomic E-state index is 5.32. The van der Waals surface area contributed by atoms with E-state index in [0.29, 0.717) is 5.92 Å². The maximum atomic E-state index is 5.32. The number of nitrogens with two attached hydrogens (primary N) is 2. The average Bonchev–Trinajstić information content (AvgIpc) is 2.22. The summed E-state index contributed by atoms with van der Waals surface area (Å²) < 4.78 is 0. The molecule has 0 aromatic carbocycles. The zero-order valence-corrected chi connectivity index (χ0v) is 10.5. The third-order valence-corrected chi connectivity index (χ3v) is 3.12. The van der Waals surface area contributed by atoms with Crippen LogP contribution in [0.15, 0.2) is 4.99 Å². The monoisotopic (exact) mass is 213 g/mol. The highest BCUT2D eigenvalue weighted by Crippen LogP contribution is 2.17. The van der Waals surface area contributed by atoms with Crippen LogP contribution in [0.3, 0.4) is 0 Å². The highest BCUT2D eigenvalue weighted by molar-refractivity contribution is 5.75. The van der Waals surface area contributed by atoms with E-state index in [2.05, 4.69) is 25.8 Å². The molecule has 0 radical (unpaired) electrons. The van der Waals surface area contributed by atoms with Crippen LogP contribution in [-0.4, -0.2) is 12.5 Å². The van der Waals surface area contributed by atoms with Crippen molar-refractivity contribution in [3.8, 4) is 0 Å². The Morgan fingerprint density at radius 2 is 1.80 bits per heavy atom. The minimum Gasteiger partial charge on any atom is -0.370 e. The summed E-state index contributed by atoms with van der Waals surface area (Å²) in [5.74, 6) is 1.72. The first-order chi connectivity index (χ1) is 7.10. The zero-order chi connectivity index (χ0) is 11.7. The Hall–Kier alpha value is -0.730. The molecule has 0 bridgehead atoms. The van der Waals surface area contributed by atoms with Gasteiger partial charge in [0, 0.05) is 6.54 Å². The van der Waals surface area contributed by atoms with E-state index in [1.807, 2.05) is 0 Å². The average molecular weight is 213 g/mol. The molecule has 0 aliphatic heterocycles. The number of guanidine groups is 1. The van der Waals surface area contributed by atoms with Crippen molar-refractivity contribution in [3.05, 3.63) is 0 Å². The fourth-order valence-electron chi connectivity index (χ4n) is 1.62. The Morgan fingerprint density at radius 3 is 2.27 bits per heavy atom. The van der Waals surface area contributed by atoms with Crippen molar-refractivity contribution >= 4 is 5.96 Å². The van der Waals surface area contributed by atoms with Gasteiger partial charge in [0.2, 0.25) is 0 Å². The second-order valence-corrected chi connectivity index (χ2v) is 4.48. The molecule has 0 amide bonds. The van der Waals surface area contributed by atoms with Crippen molar-refractivity contribution in [2.24, 2.45) is 28.3 Å². The summed E-state index contributed by atoms with van der Waals surface area (Å²) in [6, 6.07) is 0. The quantitative estimate of drug-likeness (QED) is 0.480. The van der Waals surface area contributed by atoms with Crippen LogP contribution in [0.1, 0.15) is 52.9 Å². The smallest absolute Gasteiger partial charge is 0.185 e. The first-order valence-electron chi connectivity index (χ1n) is 6.15. The van der Waals surface area contributed by atoms with Crippen LogP contribution in [-0.2, 0) is 0 Å². The minimum absolute atomic E-state index is 0.218.